The van der Waals surface area contributed by atoms with Crippen molar-refractivity contribution < 1.29 is 28.2 Å². The van der Waals surface area contributed by atoms with Crippen LogP contribution < -0.4 is 25.6 Å². The fourth-order valence-electron chi connectivity index (χ4n) is 2.74. The molecule has 0 fully saturated rings. The van der Waals surface area contributed by atoms with Crippen LogP contribution in [0.3, 0.4) is 0 Å². The summed E-state index contributed by atoms with van der Waals surface area (Å²) in [6.45, 7) is 0.0734. The number of amides is 3. The van der Waals surface area contributed by atoms with E-state index in [4.69, 9.17) is 9.47 Å². The van der Waals surface area contributed by atoms with Crippen molar-refractivity contribution in [3.05, 3.63) is 95.8 Å². The molecule has 3 amide bonds. The number of rotatable bonds is 9. The SMILES string of the molecule is O=C(CNC(=O)c1cccc(F)c1)NNC(=O)c1ccccc1OCCOc1ccccc1. The Balaban J connectivity index is 1.44. The fourth-order valence-corrected chi connectivity index (χ4v) is 2.74. The van der Waals surface area contributed by atoms with Gasteiger partial charge < -0.3 is 14.8 Å². The van der Waals surface area contributed by atoms with Gasteiger partial charge in [0.1, 0.15) is 30.5 Å². The monoisotopic (exact) mass is 451 g/mol. The summed E-state index contributed by atoms with van der Waals surface area (Å²) in [5, 5.41) is 2.34. The first kappa shape index (κ1) is 23.3. The summed E-state index contributed by atoms with van der Waals surface area (Å²) in [4.78, 5) is 36.4. The standard InChI is InChI=1S/C24H22FN3O5/c25-18-8-6-7-17(15-18)23(30)26-16-22(29)27-28-24(31)20-11-4-5-12-21(20)33-14-13-32-19-9-2-1-3-10-19/h1-12,15H,13-14,16H2,(H,26,30)(H,27,29)(H,28,31). The van der Waals surface area contributed by atoms with Crippen LogP contribution in [0.2, 0.25) is 0 Å². The molecule has 0 radical (unpaired) electrons. The molecule has 0 bridgehead atoms. The van der Waals surface area contributed by atoms with E-state index in [1.165, 1.54) is 18.2 Å². The molecule has 170 valence electrons. The van der Waals surface area contributed by atoms with Gasteiger partial charge in [0.15, 0.2) is 0 Å². The van der Waals surface area contributed by atoms with Crippen LogP contribution in [-0.4, -0.2) is 37.5 Å². The van der Waals surface area contributed by atoms with Crippen LogP contribution in [-0.2, 0) is 4.79 Å². The minimum absolute atomic E-state index is 0.0779. The highest BCUT2D eigenvalue weighted by molar-refractivity contribution is 5.99. The molecule has 3 aromatic carbocycles. The first-order valence-corrected chi connectivity index (χ1v) is 10.1. The zero-order chi connectivity index (χ0) is 23.5. The van der Waals surface area contributed by atoms with Gasteiger partial charge in [-0.15, -0.1) is 0 Å². The molecule has 9 heteroatoms. The van der Waals surface area contributed by atoms with E-state index in [0.717, 1.165) is 6.07 Å². The molecule has 0 saturated carbocycles. The number of halogens is 1. The lowest BCUT2D eigenvalue weighted by Crippen LogP contribution is -2.46. The van der Waals surface area contributed by atoms with E-state index in [2.05, 4.69) is 16.2 Å². The number of ether oxygens (including phenoxy) is 2. The van der Waals surface area contributed by atoms with E-state index in [1.54, 1.807) is 24.3 Å². The number of para-hydroxylation sites is 2. The maximum Gasteiger partial charge on any atom is 0.273 e. The summed E-state index contributed by atoms with van der Waals surface area (Å²) in [6, 6.07) is 20.8. The fraction of sp³-hybridized carbons (Fsp3) is 0.125. The van der Waals surface area contributed by atoms with Crippen molar-refractivity contribution in [2.75, 3.05) is 19.8 Å². The Kier molecular flexibility index (Phi) is 8.35. The van der Waals surface area contributed by atoms with Crippen molar-refractivity contribution in [1.82, 2.24) is 16.2 Å². The van der Waals surface area contributed by atoms with Crippen LogP contribution >= 0.6 is 0 Å². The van der Waals surface area contributed by atoms with Crippen molar-refractivity contribution in [2.24, 2.45) is 0 Å². The van der Waals surface area contributed by atoms with Gasteiger partial charge in [0, 0.05) is 5.56 Å². The molecule has 0 aliphatic heterocycles. The third-order valence-corrected chi connectivity index (χ3v) is 4.30. The first-order chi connectivity index (χ1) is 16.0. The molecule has 0 spiro atoms. The van der Waals surface area contributed by atoms with E-state index in [0.29, 0.717) is 11.5 Å². The van der Waals surface area contributed by atoms with Crippen LogP contribution in [0.5, 0.6) is 11.5 Å². The second-order valence-corrected chi connectivity index (χ2v) is 6.70. The lowest BCUT2D eigenvalue weighted by atomic mass is 10.2. The maximum absolute atomic E-state index is 13.2. The van der Waals surface area contributed by atoms with Gasteiger partial charge in [-0.25, -0.2) is 4.39 Å². The molecule has 0 aromatic heterocycles. The largest absolute Gasteiger partial charge is 0.490 e. The topological polar surface area (TPSA) is 106 Å². The predicted molar refractivity (Wildman–Crippen MR) is 118 cm³/mol. The minimum Gasteiger partial charge on any atom is -0.490 e. The summed E-state index contributed by atoms with van der Waals surface area (Å²) in [7, 11) is 0. The number of benzene rings is 3. The second kappa shape index (κ2) is 11.8. The zero-order valence-corrected chi connectivity index (χ0v) is 17.5. The molecule has 3 N–H and O–H groups in total. The molecule has 0 atom stereocenters. The number of nitrogens with one attached hydrogen (secondary N) is 3. The van der Waals surface area contributed by atoms with Crippen LogP contribution in [0, 0.1) is 5.82 Å². The van der Waals surface area contributed by atoms with Gasteiger partial charge in [0.2, 0.25) is 0 Å². The van der Waals surface area contributed by atoms with Crippen LogP contribution in [0.1, 0.15) is 20.7 Å². The highest BCUT2D eigenvalue weighted by Crippen LogP contribution is 2.17. The van der Waals surface area contributed by atoms with E-state index in [-0.39, 0.29) is 24.3 Å². The summed E-state index contributed by atoms with van der Waals surface area (Å²) in [5.74, 6) is -1.42. The summed E-state index contributed by atoms with van der Waals surface area (Å²) < 4.78 is 24.4. The van der Waals surface area contributed by atoms with Crippen LogP contribution in [0.15, 0.2) is 78.9 Å². The summed E-state index contributed by atoms with van der Waals surface area (Å²) in [6.07, 6.45) is 0. The Bertz CT molecular complexity index is 1110. The van der Waals surface area contributed by atoms with E-state index in [9.17, 15) is 18.8 Å². The molecule has 0 saturated heterocycles. The van der Waals surface area contributed by atoms with Gasteiger partial charge in [0.05, 0.1) is 12.1 Å². The van der Waals surface area contributed by atoms with Gasteiger partial charge in [-0.05, 0) is 42.5 Å². The van der Waals surface area contributed by atoms with Crippen LogP contribution in [0.4, 0.5) is 4.39 Å². The Morgan fingerprint density at radius 1 is 0.758 bits per heavy atom. The second-order valence-electron chi connectivity index (χ2n) is 6.70. The lowest BCUT2D eigenvalue weighted by molar-refractivity contribution is -0.120. The number of hydrogen-bond acceptors (Lipinski definition) is 5. The van der Waals surface area contributed by atoms with Crippen molar-refractivity contribution in [2.45, 2.75) is 0 Å². The smallest absolute Gasteiger partial charge is 0.273 e. The first-order valence-electron chi connectivity index (χ1n) is 10.1. The minimum atomic E-state index is -0.664. The maximum atomic E-state index is 13.2. The number of hydrazine groups is 1. The van der Waals surface area contributed by atoms with Crippen molar-refractivity contribution in [3.63, 3.8) is 0 Å². The Hall–Kier alpha value is -4.40. The molecular formula is C24H22FN3O5. The number of carbonyl (C=O) groups excluding carboxylic acids is 3. The summed E-state index contributed by atoms with van der Waals surface area (Å²) in [5.41, 5.74) is 4.76. The molecule has 0 aliphatic rings. The van der Waals surface area contributed by atoms with Crippen molar-refractivity contribution in [1.29, 1.82) is 0 Å². The number of hydrogen-bond donors (Lipinski definition) is 3. The van der Waals surface area contributed by atoms with Crippen molar-refractivity contribution in [3.8, 4) is 11.5 Å². The summed E-state index contributed by atoms with van der Waals surface area (Å²) >= 11 is 0. The average Bonchev–Trinajstić information content (AvgIpc) is 2.84. The van der Waals surface area contributed by atoms with Gasteiger partial charge in [-0.2, -0.15) is 0 Å². The zero-order valence-electron chi connectivity index (χ0n) is 17.5. The molecule has 3 aromatic rings. The third kappa shape index (κ3) is 7.35. The number of carbonyl (C=O) groups is 3. The Morgan fingerprint density at radius 2 is 1.48 bits per heavy atom. The lowest BCUT2D eigenvalue weighted by Gasteiger charge is -2.13. The van der Waals surface area contributed by atoms with Gasteiger partial charge in [-0.3, -0.25) is 25.2 Å². The average molecular weight is 451 g/mol. The predicted octanol–water partition coefficient (Wildman–Crippen LogP) is 2.47. The molecule has 8 nitrogen and oxygen atoms in total. The molecular weight excluding hydrogens is 429 g/mol. The molecule has 0 aliphatic carbocycles. The molecule has 33 heavy (non-hydrogen) atoms. The van der Waals surface area contributed by atoms with E-state index < -0.39 is 30.1 Å². The molecule has 3 rings (SSSR count). The van der Waals surface area contributed by atoms with E-state index >= 15 is 0 Å². The van der Waals surface area contributed by atoms with E-state index in [1.807, 2.05) is 30.3 Å². The molecule has 0 unspecified atom stereocenters. The highest BCUT2D eigenvalue weighted by atomic mass is 19.1. The van der Waals surface area contributed by atoms with Crippen molar-refractivity contribution >= 4 is 17.7 Å². The normalized spacial score (nSPS) is 10.1. The van der Waals surface area contributed by atoms with Gasteiger partial charge >= 0.3 is 0 Å². The van der Waals surface area contributed by atoms with Gasteiger partial charge in [0.25, 0.3) is 17.7 Å². The highest BCUT2D eigenvalue weighted by Gasteiger charge is 2.14. The molecule has 0 heterocycles. The quantitative estimate of drug-likeness (QED) is 0.342. The van der Waals surface area contributed by atoms with Gasteiger partial charge in [-0.1, -0.05) is 36.4 Å². The Labute approximate surface area is 189 Å². The van der Waals surface area contributed by atoms with Crippen LogP contribution in [0.25, 0.3) is 0 Å². The Morgan fingerprint density at radius 3 is 2.27 bits per heavy atom. The third-order valence-electron chi connectivity index (χ3n) is 4.30.